The molecule has 5 heteroatoms. The van der Waals surface area contributed by atoms with Crippen LogP contribution < -0.4 is 5.32 Å². The molecule has 1 unspecified atom stereocenters. The van der Waals surface area contributed by atoms with Gasteiger partial charge in [0, 0.05) is 17.5 Å². The van der Waals surface area contributed by atoms with Crippen LogP contribution in [0.5, 0.6) is 0 Å². The molecule has 0 heterocycles. The van der Waals surface area contributed by atoms with Crippen LogP contribution in [0.15, 0.2) is 24.3 Å². The van der Waals surface area contributed by atoms with Crippen molar-refractivity contribution in [1.82, 2.24) is 5.32 Å². The van der Waals surface area contributed by atoms with E-state index in [0.29, 0.717) is 5.02 Å². The molecular formula is C10H12ClNO3. The van der Waals surface area contributed by atoms with Crippen LogP contribution in [0.3, 0.4) is 0 Å². The molecule has 0 fully saturated rings. The van der Waals surface area contributed by atoms with Crippen LogP contribution in [0.1, 0.15) is 11.5 Å². The molecule has 15 heavy (non-hydrogen) atoms. The van der Waals surface area contributed by atoms with Gasteiger partial charge in [0.2, 0.25) is 0 Å². The van der Waals surface area contributed by atoms with Crippen molar-refractivity contribution in [2.75, 3.05) is 13.2 Å². The van der Waals surface area contributed by atoms with Gasteiger partial charge >= 0.3 is 6.09 Å². The highest BCUT2D eigenvalue weighted by Gasteiger charge is 2.14. The van der Waals surface area contributed by atoms with E-state index in [-0.39, 0.29) is 19.1 Å². The maximum atomic E-state index is 10.3. The molecule has 0 saturated carbocycles. The van der Waals surface area contributed by atoms with Gasteiger partial charge in [0.25, 0.3) is 0 Å². The van der Waals surface area contributed by atoms with Crippen LogP contribution in [0.2, 0.25) is 5.02 Å². The van der Waals surface area contributed by atoms with E-state index >= 15 is 0 Å². The van der Waals surface area contributed by atoms with Crippen molar-refractivity contribution in [2.45, 2.75) is 5.92 Å². The van der Waals surface area contributed by atoms with Gasteiger partial charge in [-0.05, 0) is 11.6 Å². The molecule has 0 aliphatic rings. The Kier molecular flexibility index (Phi) is 4.39. The summed E-state index contributed by atoms with van der Waals surface area (Å²) in [6, 6.07) is 7.06. The SMILES string of the molecule is O=C(O)NCC(CO)c1ccccc1Cl. The molecule has 0 saturated heterocycles. The van der Waals surface area contributed by atoms with Crippen molar-refractivity contribution in [1.29, 1.82) is 0 Å². The summed E-state index contributed by atoms with van der Waals surface area (Å²) in [4.78, 5) is 10.3. The third-order valence-electron chi connectivity index (χ3n) is 2.07. The molecule has 0 bridgehead atoms. The molecule has 0 spiro atoms. The fourth-order valence-corrected chi connectivity index (χ4v) is 1.58. The Balaban J connectivity index is 2.74. The lowest BCUT2D eigenvalue weighted by atomic mass is 10.00. The van der Waals surface area contributed by atoms with Gasteiger partial charge in [-0.1, -0.05) is 29.8 Å². The fourth-order valence-electron chi connectivity index (χ4n) is 1.29. The summed E-state index contributed by atoms with van der Waals surface area (Å²) in [5.41, 5.74) is 0.746. The quantitative estimate of drug-likeness (QED) is 0.736. The van der Waals surface area contributed by atoms with Gasteiger partial charge in [0.1, 0.15) is 0 Å². The molecule has 0 aliphatic heterocycles. The minimum absolute atomic E-state index is 0.148. The summed E-state index contributed by atoms with van der Waals surface area (Å²) in [5.74, 6) is -0.310. The van der Waals surface area contributed by atoms with Gasteiger partial charge in [-0.25, -0.2) is 4.79 Å². The van der Waals surface area contributed by atoms with E-state index in [4.69, 9.17) is 21.8 Å². The first kappa shape index (κ1) is 11.8. The third-order valence-corrected chi connectivity index (χ3v) is 2.41. The number of hydrogen-bond acceptors (Lipinski definition) is 2. The zero-order chi connectivity index (χ0) is 11.3. The minimum Gasteiger partial charge on any atom is -0.465 e. The molecule has 0 aromatic heterocycles. The Labute approximate surface area is 92.5 Å². The zero-order valence-electron chi connectivity index (χ0n) is 7.98. The van der Waals surface area contributed by atoms with Gasteiger partial charge < -0.3 is 15.5 Å². The minimum atomic E-state index is -1.11. The monoisotopic (exact) mass is 229 g/mol. The predicted octanol–water partition coefficient (Wildman–Crippen LogP) is 1.68. The second kappa shape index (κ2) is 5.58. The topological polar surface area (TPSA) is 69.6 Å². The Morgan fingerprint density at radius 2 is 2.13 bits per heavy atom. The average molecular weight is 230 g/mol. The largest absolute Gasteiger partial charge is 0.465 e. The van der Waals surface area contributed by atoms with E-state index in [9.17, 15) is 4.79 Å². The number of nitrogens with one attached hydrogen (secondary N) is 1. The molecular weight excluding hydrogens is 218 g/mol. The van der Waals surface area contributed by atoms with Crippen LogP contribution in [-0.4, -0.2) is 29.5 Å². The van der Waals surface area contributed by atoms with Gasteiger partial charge in [-0.3, -0.25) is 0 Å². The van der Waals surface area contributed by atoms with Gasteiger partial charge in [-0.2, -0.15) is 0 Å². The highest BCUT2D eigenvalue weighted by Crippen LogP contribution is 2.23. The summed E-state index contributed by atoms with van der Waals surface area (Å²) >= 11 is 5.93. The Morgan fingerprint density at radius 1 is 1.47 bits per heavy atom. The molecule has 1 amide bonds. The summed E-state index contributed by atoms with van der Waals surface area (Å²) in [6.45, 7) is -0.000417. The van der Waals surface area contributed by atoms with E-state index in [1.165, 1.54) is 0 Å². The summed E-state index contributed by atoms with van der Waals surface area (Å²) in [5, 5.41) is 20.3. The molecule has 1 aromatic rings. The van der Waals surface area contributed by atoms with Crippen molar-refractivity contribution >= 4 is 17.7 Å². The number of rotatable bonds is 4. The fraction of sp³-hybridized carbons (Fsp3) is 0.300. The molecule has 4 nitrogen and oxygen atoms in total. The van der Waals surface area contributed by atoms with E-state index in [2.05, 4.69) is 5.32 Å². The van der Waals surface area contributed by atoms with Crippen molar-refractivity contribution in [2.24, 2.45) is 0 Å². The van der Waals surface area contributed by atoms with Gasteiger partial charge in [0.15, 0.2) is 0 Å². The maximum Gasteiger partial charge on any atom is 0.404 e. The molecule has 1 rings (SSSR count). The number of benzene rings is 1. The van der Waals surface area contributed by atoms with Crippen LogP contribution in [0, 0.1) is 0 Å². The molecule has 82 valence electrons. The first-order valence-electron chi connectivity index (χ1n) is 4.47. The highest BCUT2D eigenvalue weighted by atomic mass is 35.5. The first-order chi connectivity index (χ1) is 7.15. The highest BCUT2D eigenvalue weighted by molar-refractivity contribution is 6.31. The number of aliphatic hydroxyl groups excluding tert-OH is 1. The zero-order valence-corrected chi connectivity index (χ0v) is 8.74. The summed E-state index contributed by atoms with van der Waals surface area (Å²) in [6.07, 6.45) is -1.11. The predicted molar refractivity (Wildman–Crippen MR) is 57.3 cm³/mol. The van der Waals surface area contributed by atoms with Crippen molar-refractivity contribution < 1.29 is 15.0 Å². The lowest BCUT2D eigenvalue weighted by molar-refractivity contribution is 0.191. The van der Waals surface area contributed by atoms with Crippen molar-refractivity contribution in [3.8, 4) is 0 Å². The molecule has 1 aromatic carbocycles. The second-order valence-electron chi connectivity index (χ2n) is 3.09. The Hall–Kier alpha value is -1.26. The molecule has 0 aliphatic carbocycles. The lowest BCUT2D eigenvalue weighted by Crippen LogP contribution is -2.28. The number of aliphatic hydroxyl groups is 1. The van der Waals surface area contributed by atoms with E-state index < -0.39 is 6.09 Å². The molecule has 1 atom stereocenters. The van der Waals surface area contributed by atoms with E-state index in [0.717, 1.165) is 5.56 Å². The normalized spacial score (nSPS) is 12.1. The number of carbonyl (C=O) groups is 1. The van der Waals surface area contributed by atoms with Crippen molar-refractivity contribution in [3.05, 3.63) is 34.9 Å². The van der Waals surface area contributed by atoms with Crippen molar-refractivity contribution in [3.63, 3.8) is 0 Å². The number of hydrogen-bond donors (Lipinski definition) is 3. The Morgan fingerprint density at radius 3 is 2.67 bits per heavy atom. The van der Waals surface area contributed by atoms with E-state index in [1.54, 1.807) is 24.3 Å². The standard InChI is InChI=1S/C10H12ClNO3/c11-9-4-2-1-3-8(9)7(6-13)5-12-10(14)15/h1-4,7,12-13H,5-6H2,(H,14,15). The van der Waals surface area contributed by atoms with Gasteiger partial charge in [-0.15, -0.1) is 0 Å². The lowest BCUT2D eigenvalue weighted by Gasteiger charge is -2.15. The van der Waals surface area contributed by atoms with E-state index in [1.807, 2.05) is 0 Å². The number of amides is 1. The van der Waals surface area contributed by atoms with Crippen LogP contribution in [0.4, 0.5) is 4.79 Å². The maximum absolute atomic E-state index is 10.3. The van der Waals surface area contributed by atoms with Crippen LogP contribution >= 0.6 is 11.6 Å². The second-order valence-corrected chi connectivity index (χ2v) is 3.49. The smallest absolute Gasteiger partial charge is 0.404 e. The molecule has 0 radical (unpaired) electrons. The number of halogens is 1. The van der Waals surface area contributed by atoms with Crippen LogP contribution in [-0.2, 0) is 0 Å². The number of carboxylic acid groups (broad SMARTS) is 1. The summed E-state index contributed by atoms with van der Waals surface area (Å²) < 4.78 is 0. The average Bonchev–Trinajstić information content (AvgIpc) is 2.21. The summed E-state index contributed by atoms with van der Waals surface area (Å²) in [7, 11) is 0. The third kappa shape index (κ3) is 3.42. The van der Waals surface area contributed by atoms with Gasteiger partial charge in [0.05, 0.1) is 6.61 Å². The molecule has 3 N–H and O–H groups in total. The first-order valence-corrected chi connectivity index (χ1v) is 4.85. The van der Waals surface area contributed by atoms with Crippen LogP contribution in [0.25, 0.3) is 0 Å². The Bertz CT molecular complexity index is 343.